The number of hydrogen-bond acceptors (Lipinski definition) is 5. The van der Waals surface area contributed by atoms with E-state index in [9.17, 15) is 15.3 Å². The van der Waals surface area contributed by atoms with Gasteiger partial charge in [-0.3, -0.25) is 0 Å². The van der Waals surface area contributed by atoms with Crippen LogP contribution in [0.5, 0.6) is 0 Å². The van der Waals surface area contributed by atoms with E-state index in [0.29, 0.717) is 0 Å². The fourth-order valence-electron chi connectivity index (χ4n) is 1.91. The van der Waals surface area contributed by atoms with Crippen LogP contribution in [0.25, 0.3) is 0 Å². The monoisotopic (exact) mass is 277 g/mol. The fourth-order valence-corrected chi connectivity index (χ4v) is 1.91. The number of hydrogen-bond donors (Lipinski definition) is 4. The van der Waals surface area contributed by atoms with Gasteiger partial charge in [0, 0.05) is 12.1 Å². The zero-order chi connectivity index (χ0) is 12.4. The first kappa shape index (κ1) is 15.3. The first-order valence-corrected chi connectivity index (χ1v) is 5.41. The molecule has 18 heavy (non-hydrogen) atoms. The third-order valence-corrected chi connectivity index (χ3v) is 2.90. The van der Waals surface area contributed by atoms with Gasteiger partial charge >= 0.3 is 0 Å². The standard InChI is InChI=1S/C11H16NO5.ClH/c13-6-7-8(14)9(15)10(16)11(17-7)12-4-2-1-3-5-12;/h1-5,7-11,13-16H,6H2;1H/q+1;/p-1/t7-,8-,9+,10-,11+;/m1./s1. The molecule has 1 saturated heterocycles. The molecular weight excluding hydrogens is 262 g/mol. The number of rotatable bonds is 2. The first-order valence-electron chi connectivity index (χ1n) is 5.41. The van der Waals surface area contributed by atoms with E-state index in [1.54, 1.807) is 35.2 Å². The van der Waals surface area contributed by atoms with Crippen molar-refractivity contribution in [3.05, 3.63) is 30.6 Å². The molecule has 6 nitrogen and oxygen atoms in total. The highest BCUT2D eigenvalue weighted by Gasteiger charge is 2.47. The van der Waals surface area contributed by atoms with Crippen LogP contribution in [0.2, 0.25) is 0 Å². The van der Waals surface area contributed by atoms with E-state index in [0.717, 1.165) is 0 Å². The lowest BCUT2D eigenvalue weighted by molar-refractivity contribution is -0.778. The van der Waals surface area contributed by atoms with Crippen molar-refractivity contribution in [1.82, 2.24) is 0 Å². The number of ether oxygens (including phenoxy) is 1. The van der Waals surface area contributed by atoms with Crippen molar-refractivity contribution in [2.75, 3.05) is 6.61 Å². The Kier molecular flexibility index (Phi) is 5.46. The van der Waals surface area contributed by atoms with Crippen LogP contribution in [0.3, 0.4) is 0 Å². The van der Waals surface area contributed by atoms with Gasteiger partial charge in [0.2, 0.25) is 0 Å². The number of aliphatic hydroxyl groups is 4. The SMILES string of the molecule is OC[C@H]1O[C@H]([n+]2ccccc2)[C@H](O)[C@@H](O)[C@@H]1O.[Cl-]. The molecule has 0 amide bonds. The highest BCUT2D eigenvalue weighted by molar-refractivity contribution is 4.89. The summed E-state index contributed by atoms with van der Waals surface area (Å²) in [5.74, 6) is 0. The quantitative estimate of drug-likeness (QED) is 0.406. The Morgan fingerprint density at radius 1 is 0.944 bits per heavy atom. The van der Waals surface area contributed by atoms with E-state index < -0.39 is 37.3 Å². The molecule has 1 aromatic rings. The first-order chi connectivity index (χ1) is 8.15. The maximum atomic E-state index is 9.84. The second kappa shape index (κ2) is 6.42. The normalized spacial score (nSPS) is 35.9. The van der Waals surface area contributed by atoms with Crippen molar-refractivity contribution >= 4 is 0 Å². The number of aliphatic hydroxyl groups excluding tert-OH is 4. The lowest BCUT2D eigenvalue weighted by atomic mass is 9.98. The molecule has 1 fully saturated rings. The van der Waals surface area contributed by atoms with E-state index in [4.69, 9.17) is 9.84 Å². The van der Waals surface area contributed by atoms with Crippen molar-refractivity contribution in [2.24, 2.45) is 0 Å². The summed E-state index contributed by atoms with van der Waals surface area (Å²) in [5, 5.41) is 38.1. The summed E-state index contributed by atoms with van der Waals surface area (Å²) >= 11 is 0. The molecule has 0 unspecified atom stereocenters. The van der Waals surface area contributed by atoms with Crippen LogP contribution < -0.4 is 17.0 Å². The molecule has 1 aromatic heterocycles. The molecule has 0 spiro atoms. The average Bonchev–Trinajstić information content (AvgIpc) is 2.37. The van der Waals surface area contributed by atoms with Crippen molar-refractivity contribution in [1.29, 1.82) is 0 Å². The Hall–Kier alpha value is -0.760. The molecule has 1 aliphatic heterocycles. The Morgan fingerprint density at radius 3 is 2.11 bits per heavy atom. The molecule has 2 heterocycles. The van der Waals surface area contributed by atoms with Gasteiger partial charge in [0.25, 0.3) is 6.23 Å². The Balaban J connectivity index is 0.00000162. The van der Waals surface area contributed by atoms with Gasteiger partial charge < -0.3 is 37.6 Å². The lowest BCUT2D eigenvalue weighted by Gasteiger charge is -2.36. The van der Waals surface area contributed by atoms with Gasteiger partial charge in [0.15, 0.2) is 18.5 Å². The van der Waals surface area contributed by atoms with Gasteiger partial charge in [-0.05, 0) is 0 Å². The summed E-state index contributed by atoms with van der Waals surface area (Å²) in [6, 6.07) is 5.31. The Bertz CT molecular complexity index is 364. The minimum atomic E-state index is -1.35. The summed E-state index contributed by atoms with van der Waals surface area (Å²) in [6.45, 7) is -0.422. The minimum absolute atomic E-state index is 0. The van der Waals surface area contributed by atoms with E-state index in [1.807, 2.05) is 0 Å². The van der Waals surface area contributed by atoms with Crippen molar-refractivity contribution in [3.63, 3.8) is 0 Å². The third kappa shape index (κ3) is 2.80. The Morgan fingerprint density at radius 2 is 1.56 bits per heavy atom. The predicted octanol–water partition coefficient (Wildman–Crippen LogP) is -5.05. The Labute approximate surface area is 110 Å². The van der Waals surface area contributed by atoms with Crippen LogP contribution in [0.4, 0.5) is 0 Å². The van der Waals surface area contributed by atoms with E-state index >= 15 is 0 Å². The second-order valence-corrected chi connectivity index (χ2v) is 4.04. The molecule has 4 N–H and O–H groups in total. The maximum absolute atomic E-state index is 9.84. The van der Waals surface area contributed by atoms with Crippen LogP contribution in [-0.4, -0.2) is 51.4 Å². The van der Waals surface area contributed by atoms with E-state index in [1.165, 1.54) is 0 Å². The molecule has 0 saturated carbocycles. The maximum Gasteiger partial charge on any atom is 0.292 e. The van der Waals surface area contributed by atoms with Gasteiger partial charge in [0.05, 0.1) is 6.61 Å². The van der Waals surface area contributed by atoms with Crippen molar-refractivity contribution in [2.45, 2.75) is 30.6 Å². The van der Waals surface area contributed by atoms with E-state index in [-0.39, 0.29) is 12.4 Å². The van der Waals surface area contributed by atoms with Crippen LogP contribution >= 0.6 is 0 Å². The largest absolute Gasteiger partial charge is 1.00 e. The second-order valence-electron chi connectivity index (χ2n) is 4.04. The van der Waals surface area contributed by atoms with Crippen molar-refractivity contribution < 1.29 is 42.1 Å². The summed E-state index contributed by atoms with van der Waals surface area (Å²) in [7, 11) is 0. The third-order valence-electron chi connectivity index (χ3n) is 2.90. The van der Waals surface area contributed by atoms with Gasteiger partial charge in [-0.2, -0.15) is 4.57 Å². The molecule has 1 aliphatic rings. The highest BCUT2D eigenvalue weighted by atomic mass is 35.5. The average molecular weight is 278 g/mol. The van der Waals surface area contributed by atoms with Crippen LogP contribution in [0.15, 0.2) is 30.6 Å². The smallest absolute Gasteiger partial charge is 0.292 e. The molecular formula is C11H16ClNO5. The van der Waals surface area contributed by atoms with Crippen LogP contribution in [0, 0.1) is 0 Å². The number of pyridine rings is 1. The molecule has 0 bridgehead atoms. The molecule has 0 aromatic carbocycles. The molecule has 5 atom stereocenters. The summed E-state index contributed by atoms with van der Waals surface area (Å²) in [5.41, 5.74) is 0. The van der Waals surface area contributed by atoms with Gasteiger partial charge in [0.1, 0.15) is 18.3 Å². The molecule has 7 heteroatoms. The van der Waals surface area contributed by atoms with Gasteiger partial charge in [-0.25, -0.2) is 0 Å². The number of aromatic nitrogens is 1. The van der Waals surface area contributed by atoms with Gasteiger partial charge in [-0.1, -0.05) is 6.07 Å². The zero-order valence-corrected chi connectivity index (χ0v) is 10.3. The molecule has 2 rings (SSSR count). The lowest BCUT2D eigenvalue weighted by Crippen LogP contribution is -3.00. The number of nitrogens with zero attached hydrogens (tertiary/aromatic N) is 1. The summed E-state index contributed by atoms with van der Waals surface area (Å²) < 4.78 is 6.94. The van der Waals surface area contributed by atoms with Crippen LogP contribution in [0.1, 0.15) is 6.23 Å². The van der Waals surface area contributed by atoms with Crippen LogP contribution in [-0.2, 0) is 4.74 Å². The van der Waals surface area contributed by atoms with Gasteiger partial charge in [-0.15, -0.1) is 0 Å². The zero-order valence-electron chi connectivity index (χ0n) is 9.50. The molecule has 0 aliphatic carbocycles. The minimum Gasteiger partial charge on any atom is -1.00 e. The fraction of sp³-hybridized carbons (Fsp3) is 0.545. The predicted molar refractivity (Wildman–Crippen MR) is 55.7 cm³/mol. The molecule has 102 valence electrons. The summed E-state index contributed by atoms with van der Waals surface area (Å²) in [4.78, 5) is 0. The number of halogens is 1. The van der Waals surface area contributed by atoms with Crippen molar-refractivity contribution in [3.8, 4) is 0 Å². The topological polar surface area (TPSA) is 94.0 Å². The molecule has 0 radical (unpaired) electrons. The van der Waals surface area contributed by atoms with E-state index in [2.05, 4.69) is 0 Å². The summed E-state index contributed by atoms with van der Waals surface area (Å²) in [6.07, 6.45) is -2.29. The highest BCUT2D eigenvalue weighted by Crippen LogP contribution is 2.24.